The average molecular weight is 757 g/mol. The third-order valence-electron chi connectivity index (χ3n) is 10.7. The topological polar surface area (TPSA) is 106 Å². The van der Waals surface area contributed by atoms with E-state index in [-0.39, 0.29) is 36.3 Å². The number of ether oxygens (including phenoxy) is 1. The van der Waals surface area contributed by atoms with Crippen molar-refractivity contribution in [1.82, 2.24) is 29.5 Å². The summed E-state index contributed by atoms with van der Waals surface area (Å²) < 4.78 is 81.7. The van der Waals surface area contributed by atoms with E-state index in [4.69, 9.17) is 20.4 Å². The van der Waals surface area contributed by atoms with Crippen molar-refractivity contribution in [2.24, 2.45) is 0 Å². The lowest BCUT2D eigenvalue weighted by molar-refractivity contribution is -0.138. The van der Waals surface area contributed by atoms with E-state index in [0.717, 1.165) is 36.7 Å². The van der Waals surface area contributed by atoms with Crippen LogP contribution in [0.3, 0.4) is 0 Å². The van der Waals surface area contributed by atoms with Crippen LogP contribution >= 0.6 is 11.8 Å². The number of carbonyl (C=O) groups excluding carboxylic acids is 1. The molecule has 53 heavy (non-hydrogen) atoms. The maximum atomic E-state index is 15.8. The van der Waals surface area contributed by atoms with E-state index in [1.165, 1.54) is 23.6 Å². The van der Waals surface area contributed by atoms with E-state index in [1.54, 1.807) is 14.1 Å². The fourth-order valence-electron chi connectivity index (χ4n) is 8.17. The molecule has 2 N–H and O–H groups in total. The fraction of sp³-hybridized carbons (Fsp3) is 0.514. The van der Waals surface area contributed by atoms with Crippen LogP contribution in [-0.2, 0) is 31.4 Å². The van der Waals surface area contributed by atoms with E-state index >= 15 is 4.39 Å². The van der Waals surface area contributed by atoms with Crippen molar-refractivity contribution in [3.8, 4) is 17.9 Å². The molecule has 2 fully saturated rings. The SMILES string of the molecule is CC#Cc1cc(N)c(F)c(C2Cc3nc(OC[C@@]45CCCN4C/C(=C\F)C5)nc(N4CCCn5nc(C(=O)N(C)C)c(C)c5C4)c3CS2)c1C(F)(F)F. The van der Waals surface area contributed by atoms with Crippen LogP contribution in [0.4, 0.5) is 33.5 Å². The van der Waals surface area contributed by atoms with Crippen LogP contribution in [0, 0.1) is 24.6 Å². The number of hydrogen-bond donors (Lipinski definition) is 1. The van der Waals surface area contributed by atoms with Crippen LogP contribution in [0.15, 0.2) is 18.0 Å². The predicted molar refractivity (Wildman–Crippen MR) is 192 cm³/mol. The Morgan fingerprint density at radius 2 is 2.00 bits per heavy atom. The predicted octanol–water partition coefficient (Wildman–Crippen LogP) is 6.21. The average Bonchev–Trinajstić information content (AvgIpc) is 3.71. The normalized spacial score (nSPS) is 22.2. The van der Waals surface area contributed by atoms with E-state index in [9.17, 15) is 22.4 Å². The molecule has 4 aliphatic rings. The maximum absolute atomic E-state index is 15.8. The first kappa shape index (κ1) is 37.0. The molecule has 2 aromatic heterocycles. The number of thioether (sulfide) groups is 1. The second-order valence-corrected chi connectivity index (χ2v) is 15.5. The van der Waals surface area contributed by atoms with Crippen molar-refractivity contribution in [3.05, 3.63) is 68.7 Å². The molecule has 16 heteroatoms. The van der Waals surface area contributed by atoms with Crippen molar-refractivity contribution in [3.63, 3.8) is 0 Å². The zero-order valence-electron chi connectivity index (χ0n) is 30.0. The summed E-state index contributed by atoms with van der Waals surface area (Å²) >= 11 is 1.17. The molecular formula is C37H41F5N8O2S. The maximum Gasteiger partial charge on any atom is 0.418 e. The van der Waals surface area contributed by atoms with Gasteiger partial charge < -0.3 is 20.3 Å². The third-order valence-corrected chi connectivity index (χ3v) is 12.0. The monoisotopic (exact) mass is 756 g/mol. The van der Waals surface area contributed by atoms with Gasteiger partial charge in [-0.3, -0.25) is 14.4 Å². The molecule has 6 heterocycles. The lowest BCUT2D eigenvalue weighted by atomic mass is 9.93. The van der Waals surface area contributed by atoms with Crippen molar-refractivity contribution >= 4 is 29.2 Å². The number of benzene rings is 1. The molecule has 0 radical (unpaired) electrons. The second kappa shape index (κ2) is 14.1. The minimum absolute atomic E-state index is 0.0443. The lowest BCUT2D eigenvalue weighted by Crippen LogP contribution is -2.43. The molecule has 1 amide bonds. The zero-order chi connectivity index (χ0) is 37.8. The molecule has 7 rings (SSSR count). The van der Waals surface area contributed by atoms with Crippen molar-refractivity contribution in [2.75, 3.05) is 51.0 Å². The van der Waals surface area contributed by atoms with Crippen molar-refractivity contribution in [2.45, 2.75) is 81.8 Å². The Labute approximate surface area is 308 Å². The summed E-state index contributed by atoms with van der Waals surface area (Å²) in [4.78, 5) is 28.4. The Morgan fingerprint density at radius 1 is 1.21 bits per heavy atom. The molecular weight excluding hydrogens is 716 g/mol. The first-order chi connectivity index (χ1) is 25.2. The highest BCUT2D eigenvalue weighted by atomic mass is 32.2. The van der Waals surface area contributed by atoms with Gasteiger partial charge in [-0.05, 0) is 57.7 Å². The number of nitrogens with two attached hydrogens (primary N) is 1. The number of aromatic nitrogens is 4. The number of alkyl halides is 3. The standard InChI is InChI=1S/C37H41F5N8O2S/c1-5-8-23-13-25(43)31(39)29(30(23)37(40,41)42)28-14-26-24(19-53-28)33(45-35(44-26)52-20-36-9-6-11-49(36)17-22(15-36)16-38)48-10-7-12-50-27(18-48)21(2)32(46-50)34(51)47(3)4/h13,16,28H,6-7,9-12,14-15,17-20,43H2,1-4H3/b22-16-/t28?,36-/m0/s1. The van der Waals surface area contributed by atoms with Gasteiger partial charge in [-0.15, -0.1) is 17.7 Å². The van der Waals surface area contributed by atoms with Gasteiger partial charge in [0.2, 0.25) is 0 Å². The molecule has 10 nitrogen and oxygen atoms in total. The summed E-state index contributed by atoms with van der Waals surface area (Å²) in [6, 6.07) is 0.982. The van der Waals surface area contributed by atoms with Crippen LogP contribution < -0.4 is 15.4 Å². The largest absolute Gasteiger partial charge is 0.461 e. The minimum atomic E-state index is -4.89. The molecule has 1 unspecified atom stereocenters. The fourth-order valence-corrected chi connectivity index (χ4v) is 9.50. The minimum Gasteiger partial charge on any atom is -0.461 e. The number of halogens is 5. The van der Waals surface area contributed by atoms with Gasteiger partial charge in [-0.2, -0.15) is 28.2 Å². The number of fused-ring (bicyclic) bond motifs is 3. The smallest absolute Gasteiger partial charge is 0.418 e. The number of hydrogen-bond acceptors (Lipinski definition) is 9. The summed E-state index contributed by atoms with van der Waals surface area (Å²) in [6.45, 7) is 6.31. The van der Waals surface area contributed by atoms with E-state index < -0.39 is 39.6 Å². The Balaban J connectivity index is 1.30. The second-order valence-electron chi connectivity index (χ2n) is 14.3. The molecule has 3 aromatic rings. The summed E-state index contributed by atoms with van der Waals surface area (Å²) in [6.07, 6.45) is -1.34. The molecule has 1 aromatic carbocycles. The van der Waals surface area contributed by atoms with Gasteiger partial charge in [0.25, 0.3) is 5.91 Å². The highest BCUT2D eigenvalue weighted by molar-refractivity contribution is 7.98. The van der Waals surface area contributed by atoms with Crippen LogP contribution in [0.5, 0.6) is 6.01 Å². The summed E-state index contributed by atoms with van der Waals surface area (Å²) in [7, 11) is 3.35. The molecule has 4 aliphatic heterocycles. The number of nitrogen functional groups attached to an aromatic ring is 1. The number of carbonyl (C=O) groups is 1. The van der Waals surface area contributed by atoms with Crippen LogP contribution in [0.1, 0.15) is 87.6 Å². The Hall–Kier alpha value is -4.36. The zero-order valence-corrected chi connectivity index (χ0v) is 30.9. The van der Waals surface area contributed by atoms with Gasteiger partial charge in [0, 0.05) is 73.4 Å². The first-order valence-corrected chi connectivity index (χ1v) is 18.6. The number of anilines is 2. The molecule has 2 atom stereocenters. The molecule has 282 valence electrons. The van der Waals surface area contributed by atoms with E-state index in [1.807, 2.05) is 11.6 Å². The number of aryl methyl sites for hydroxylation is 1. The first-order valence-electron chi connectivity index (χ1n) is 17.6. The number of nitrogens with zero attached hydrogens (tertiary/aromatic N) is 7. The molecule has 0 spiro atoms. The van der Waals surface area contributed by atoms with E-state index in [2.05, 4.69) is 26.7 Å². The summed E-state index contributed by atoms with van der Waals surface area (Å²) in [5.74, 6) is 4.39. The molecule has 0 aliphatic carbocycles. The third kappa shape index (κ3) is 6.71. The van der Waals surface area contributed by atoms with Crippen molar-refractivity contribution < 1.29 is 31.5 Å². The van der Waals surface area contributed by atoms with Gasteiger partial charge in [0.1, 0.15) is 12.4 Å². The Bertz CT molecular complexity index is 2050. The van der Waals surface area contributed by atoms with Gasteiger partial charge in [0.05, 0.1) is 41.1 Å². The van der Waals surface area contributed by atoms with E-state index in [0.29, 0.717) is 73.7 Å². The Morgan fingerprint density at radius 3 is 2.72 bits per heavy atom. The van der Waals surface area contributed by atoms with Crippen molar-refractivity contribution in [1.29, 1.82) is 0 Å². The van der Waals surface area contributed by atoms with Crippen LogP contribution in [-0.4, -0.2) is 81.3 Å². The van der Waals surface area contributed by atoms with Gasteiger partial charge >= 0.3 is 12.2 Å². The molecule has 2 saturated heterocycles. The molecule has 0 bridgehead atoms. The summed E-state index contributed by atoms with van der Waals surface area (Å²) in [5.41, 5.74) is 6.88. The van der Waals surface area contributed by atoms with Gasteiger partial charge in [0.15, 0.2) is 11.5 Å². The Kier molecular flexibility index (Phi) is 9.86. The number of rotatable bonds is 6. The van der Waals surface area contributed by atoms with Crippen LogP contribution in [0.2, 0.25) is 0 Å². The lowest BCUT2D eigenvalue weighted by Gasteiger charge is -2.33. The molecule has 0 saturated carbocycles. The van der Waals surface area contributed by atoms with Gasteiger partial charge in [-0.1, -0.05) is 5.92 Å². The highest BCUT2D eigenvalue weighted by Gasteiger charge is 2.47. The quantitative estimate of drug-likeness (QED) is 0.179. The highest BCUT2D eigenvalue weighted by Crippen LogP contribution is 2.50. The van der Waals surface area contributed by atoms with Gasteiger partial charge in [-0.25, -0.2) is 8.78 Å². The number of amides is 1. The summed E-state index contributed by atoms with van der Waals surface area (Å²) in [5, 5.41) is 3.66. The van der Waals surface area contributed by atoms with Crippen LogP contribution in [0.25, 0.3) is 0 Å².